The fourth-order valence-electron chi connectivity index (χ4n) is 1.23. The smallest absolute Gasteiger partial charge is 0.291 e. The minimum atomic E-state index is -2.63. The molecule has 4 heteroatoms. The fraction of sp³-hybridized carbons (Fsp3) is 0.222. The van der Waals surface area contributed by atoms with Crippen LogP contribution in [0.3, 0.4) is 0 Å². The van der Waals surface area contributed by atoms with E-state index in [-0.39, 0.29) is 11.4 Å². The van der Waals surface area contributed by atoms with Gasteiger partial charge in [-0.2, -0.15) is 0 Å². The molecule has 0 radical (unpaired) electrons. The first-order valence-electron chi connectivity index (χ1n) is 6.21. The zero-order chi connectivity index (χ0) is 13.5. The molecule has 0 aromatic carbocycles. The molecule has 68 valence electrons. The molecule has 0 spiro atoms. The lowest BCUT2D eigenvalue weighted by molar-refractivity contribution is -0.580. The van der Waals surface area contributed by atoms with Crippen LogP contribution in [-0.2, 0) is 7.00 Å². The van der Waals surface area contributed by atoms with Crippen LogP contribution in [0.2, 0.25) is 0 Å². The van der Waals surface area contributed by atoms with Crippen LogP contribution in [0.25, 0.3) is 11.0 Å². The maximum atomic E-state index is 11.7. The highest BCUT2D eigenvalue weighted by molar-refractivity contribution is 5.74. The van der Waals surface area contributed by atoms with Gasteiger partial charge in [0.25, 0.3) is 5.65 Å². The molecule has 0 atom stereocenters. The van der Waals surface area contributed by atoms with Crippen LogP contribution < -0.4 is 9.47 Å². The van der Waals surface area contributed by atoms with Crippen molar-refractivity contribution in [2.24, 2.45) is 7.00 Å². The van der Waals surface area contributed by atoms with Gasteiger partial charge in [-0.25, -0.2) is 9.30 Å². The number of rotatable bonds is 1. The van der Waals surface area contributed by atoms with Gasteiger partial charge >= 0.3 is 0 Å². The maximum absolute atomic E-state index is 11.7. The third-order valence-electron chi connectivity index (χ3n) is 1.79. The quantitative estimate of drug-likeness (QED) is 0.485. The van der Waals surface area contributed by atoms with Gasteiger partial charge in [-0.05, 0) is 12.1 Å². The van der Waals surface area contributed by atoms with Crippen LogP contribution in [0.5, 0.6) is 5.75 Å². The first-order chi connectivity index (χ1) is 8.28. The number of hydrogen-bond acceptors (Lipinski definition) is 2. The lowest BCUT2D eigenvalue weighted by atomic mass is 10.3. The summed E-state index contributed by atoms with van der Waals surface area (Å²) in [5.41, 5.74) is 0.114. The van der Waals surface area contributed by atoms with Crippen LogP contribution >= 0.6 is 0 Å². The molecular weight excluding hydrogens is 168 g/mol. The summed E-state index contributed by atoms with van der Waals surface area (Å²) in [6.45, 7) is -1.35. The summed E-state index contributed by atoms with van der Waals surface area (Å²) in [6.07, 6.45) is 2.39. The highest BCUT2D eigenvalue weighted by atomic mass is 16.5. The van der Waals surface area contributed by atoms with Crippen LogP contribution in [0.1, 0.15) is 6.85 Å². The molecule has 0 fully saturated rings. The largest absolute Gasteiger partial charge is 0.710 e. The minimum Gasteiger partial charge on any atom is -0.710 e. The van der Waals surface area contributed by atoms with Gasteiger partial charge in [-0.1, -0.05) is 0 Å². The molecule has 0 amide bonds. The molecule has 2 rings (SSSR count). The van der Waals surface area contributed by atoms with Crippen LogP contribution in [0, 0.1) is 5.21 Å². The highest BCUT2D eigenvalue weighted by Crippen LogP contribution is 2.16. The second-order valence-corrected chi connectivity index (χ2v) is 2.61. The predicted molar refractivity (Wildman–Crippen MR) is 48.4 cm³/mol. The summed E-state index contributed by atoms with van der Waals surface area (Å²) >= 11 is 0. The molecule has 0 aliphatic heterocycles. The number of nitrogens with zero attached hydrogens (tertiary/aromatic N) is 2. The number of fused-ring (bicyclic) bond motifs is 1. The van der Waals surface area contributed by atoms with E-state index < -0.39 is 14.0 Å². The number of aromatic nitrogens is 2. The third kappa shape index (κ3) is 1.11. The molecule has 0 aliphatic carbocycles. The Morgan fingerprint density at radius 1 is 1.69 bits per heavy atom. The summed E-state index contributed by atoms with van der Waals surface area (Å²) in [4.78, 5) is 0. The van der Waals surface area contributed by atoms with Gasteiger partial charge in [0.2, 0.25) is 0 Å². The lowest BCUT2D eigenvalue weighted by Crippen LogP contribution is -2.28. The highest BCUT2D eigenvalue weighted by Gasteiger charge is 2.08. The number of methoxy groups -OCH3 is 1. The minimum absolute atomic E-state index is 0.0817. The third-order valence-corrected chi connectivity index (χ3v) is 1.79. The van der Waals surface area contributed by atoms with Crippen LogP contribution in [-0.4, -0.2) is 11.6 Å². The Hall–Kier alpha value is -1.71. The lowest BCUT2D eigenvalue weighted by Gasteiger charge is -2.06. The van der Waals surface area contributed by atoms with E-state index in [2.05, 4.69) is 4.74 Å². The summed E-state index contributed by atoms with van der Waals surface area (Å²) in [5, 5.41) is 12.2. The Kier molecular flexibility index (Phi) is 0.817. The summed E-state index contributed by atoms with van der Waals surface area (Å²) in [5.74, 6) is -0.0817. The average Bonchev–Trinajstić information content (AvgIpc) is 2.58. The first kappa shape index (κ1) is 4.00. The number of pyridine rings is 1. The Balaban J connectivity index is 2.52. The Bertz CT molecular complexity index is 578. The van der Waals surface area contributed by atoms with Crippen molar-refractivity contribution in [3.63, 3.8) is 0 Å². The van der Waals surface area contributed by atoms with E-state index >= 15 is 0 Å². The summed E-state index contributed by atoms with van der Waals surface area (Å²) < 4.78 is 41.6. The average molecular weight is 183 g/mol. The van der Waals surface area contributed by atoms with Gasteiger partial charge in [0.1, 0.15) is 6.20 Å². The zero-order valence-corrected chi connectivity index (χ0v) is 6.60. The number of ether oxygens (including phenoxy) is 1. The molecule has 13 heavy (non-hydrogen) atoms. The summed E-state index contributed by atoms with van der Waals surface area (Å²) in [6, 6.07) is 2.90. The second kappa shape index (κ2) is 2.65. The van der Waals surface area contributed by atoms with E-state index in [1.165, 1.54) is 18.3 Å². The Labute approximate surface area is 82.6 Å². The summed E-state index contributed by atoms with van der Waals surface area (Å²) in [7, 11) is -2.63. The van der Waals surface area contributed by atoms with Crippen molar-refractivity contribution < 1.29 is 16.3 Å². The van der Waals surface area contributed by atoms with Gasteiger partial charge in [-0.3, -0.25) is 0 Å². The standard InChI is InChI=1S/C9H10N2O2/c1-10-4-3-7-5-8(13-2)6-11(12)9(7)10/h3-6H,1-2H3/i1D2,2D3. The van der Waals surface area contributed by atoms with E-state index in [9.17, 15) is 5.21 Å². The van der Waals surface area contributed by atoms with Gasteiger partial charge < -0.3 is 9.94 Å². The van der Waals surface area contributed by atoms with Gasteiger partial charge in [0, 0.05) is 0 Å². The number of aryl methyl sites for hydroxylation is 1. The van der Waals surface area contributed by atoms with Crippen molar-refractivity contribution >= 4 is 11.0 Å². The van der Waals surface area contributed by atoms with E-state index in [4.69, 9.17) is 6.85 Å². The van der Waals surface area contributed by atoms with Crippen LogP contribution in [0.15, 0.2) is 24.5 Å². The van der Waals surface area contributed by atoms with Crippen molar-refractivity contribution in [1.29, 1.82) is 0 Å². The molecule has 0 bridgehead atoms. The molecule has 0 unspecified atom stereocenters. The van der Waals surface area contributed by atoms with E-state index in [0.29, 0.717) is 10.1 Å². The Morgan fingerprint density at radius 3 is 3.38 bits per heavy atom. The Morgan fingerprint density at radius 2 is 2.62 bits per heavy atom. The van der Waals surface area contributed by atoms with Crippen molar-refractivity contribution in [3.05, 3.63) is 29.7 Å². The SMILES string of the molecule is [2H]C([2H])n1ccc2cc(OC([2H])([2H])[2H])c[n+]([O-])c21. The molecule has 0 saturated carbocycles. The normalized spacial score (nSPS) is 17.5. The molecule has 2 aromatic rings. The van der Waals surface area contributed by atoms with Crippen molar-refractivity contribution in [2.75, 3.05) is 7.04 Å². The predicted octanol–water partition coefficient (Wildman–Crippen LogP) is 0.820. The monoisotopic (exact) mass is 183 g/mol. The van der Waals surface area contributed by atoms with Crippen molar-refractivity contribution in [1.82, 2.24) is 4.57 Å². The second-order valence-electron chi connectivity index (χ2n) is 2.61. The van der Waals surface area contributed by atoms with Crippen LogP contribution in [0.4, 0.5) is 0 Å². The van der Waals surface area contributed by atoms with E-state index in [1.54, 1.807) is 0 Å². The first-order valence-corrected chi connectivity index (χ1v) is 3.55. The number of hydrogen-bond donors (Lipinski definition) is 0. The molecule has 2 aromatic heterocycles. The molecule has 4 nitrogen and oxygen atoms in total. The van der Waals surface area contributed by atoms with Crippen molar-refractivity contribution in [2.45, 2.75) is 0 Å². The fourth-order valence-corrected chi connectivity index (χ4v) is 1.23. The van der Waals surface area contributed by atoms with Gasteiger partial charge in [0.15, 0.2) is 5.75 Å². The van der Waals surface area contributed by atoms with Gasteiger partial charge in [-0.15, -0.1) is 0 Å². The molecule has 0 N–H and O–H groups in total. The van der Waals surface area contributed by atoms with E-state index in [1.807, 2.05) is 0 Å². The molecule has 0 saturated heterocycles. The van der Waals surface area contributed by atoms with Gasteiger partial charge in [0.05, 0.1) is 32.5 Å². The molecule has 0 aliphatic rings. The van der Waals surface area contributed by atoms with Crippen molar-refractivity contribution in [3.8, 4) is 5.75 Å². The maximum Gasteiger partial charge on any atom is 0.291 e. The molecule has 2 heterocycles. The zero-order valence-electron chi connectivity index (χ0n) is 11.6. The molecular formula is C9H10N2O2. The van der Waals surface area contributed by atoms with E-state index in [0.717, 1.165) is 10.8 Å². The topological polar surface area (TPSA) is 41.1 Å².